The van der Waals surface area contributed by atoms with Crippen molar-refractivity contribution in [2.75, 3.05) is 114 Å². The predicted octanol–water partition coefficient (Wildman–Crippen LogP) is -6.26. The monoisotopic (exact) mass is 463 g/mol. The molecule has 0 bridgehead atoms. The summed E-state index contributed by atoms with van der Waals surface area (Å²) in [6.45, 7) is 7.39. The smallest absolute Gasteiger partial charge is 0.236 e. The summed E-state index contributed by atoms with van der Waals surface area (Å²) in [4.78, 5) is 48.0. The summed E-state index contributed by atoms with van der Waals surface area (Å²) in [7, 11) is 10.6. The first kappa shape index (κ1) is 29.5. The number of hydrogen-bond donors (Lipinski definition) is 1. The number of amides is 3. The van der Waals surface area contributed by atoms with E-state index in [-0.39, 0.29) is 30.1 Å². The van der Waals surface area contributed by atoms with Crippen molar-refractivity contribution < 1.29 is 32.1 Å². The fourth-order valence-electron chi connectivity index (χ4n) is 3.07. The van der Waals surface area contributed by atoms with Crippen LogP contribution in [0.15, 0.2) is 0 Å². The van der Waals surface area contributed by atoms with Gasteiger partial charge in [0.15, 0.2) is 0 Å². The van der Waals surface area contributed by atoms with Crippen LogP contribution in [0.2, 0.25) is 0 Å². The molecule has 1 aliphatic rings. The van der Waals surface area contributed by atoms with E-state index in [1.54, 1.807) is 57.0 Å². The minimum absolute atomic E-state index is 0. The van der Waals surface area contributed by atoms with Gasteiger partial charge in [-0.3, -0.25) is 29.1 Å². The molecule has 0 aromatic carbocycles. The van der Waals surface area contributed by atoms with Gasteiger partial charge in [0.25, 0.3) is 0 Å². The molecule has 0 atom stereocenters. The van der Waals surface area contributed by atoms with Gasteiger partial charge in [0.2, 0.25) is 17.7 Å². The second kappa shape index (κ2) is 15.4. The zero-order chi connectivity index (χ0) is 22.7. The van der Waals surface area contributed by atoms with Gasteiger partial charge in [0, 0.05) is 81.6 Å². The number of quaternary nitrogens is 1. The first-order chi connectivity index (χ1) is 14.1. The Kier molecular flexibility index (Phi) is 14.6. The molecule has 1 heterocycles. The second-order valence-electron chi connectivity index (χ2n) is 8.56. The Balaban J connectivity index is 0.00000900. The van der Waals surface area contributed by atoms with E-state index >= 15 is 0 Å². The molecule has 0 saturated carbocycles. The second-order valence-corrected chi connectivity index (χ2v) is 8.56. The predicted molar refractivity (Wildman–Crippen MR) is 117 cm³/mol. The number of nitrogens with two attached hydrogens (primary N) is 1. The van der Waals surface area contributed by atoms with Gasteiger partial charge in [-0.15, -0.1) is 0 Å². The van der Waals surface area contributed by atoms with Crippen molar-refractivity contribution in [2.24, 2.45) is 0 Å². The van der Waals surface area contributed by atoms with Crippen molar-refractivity contribution in [1.29, 1.82) is 0 Å². The van der Waals surface area contributed by atoms with Crippen molar-refractivity contribution in [2.45, 2.75) is 0 Å². The number of rotatable bonds is 6. The lowest BCUT2D eigenvalue weighted by Crippen LogP contribution is -3.00. The zero-order valence-electron chi connectivity index (χ0n) is 20.1. The van der Waals surface area contributed by atoms with Crippen LogP contribution in [0.4, 0.5) is 0 Å². The van der Waals surface area contributed by atoms with Crippen molar-refractivity contribution in [3.8, 4) is 0 Å². The molecule has 0 unspecified atom stereocenters. The van der Waals surface area contributed by atoms with Gasteiger partial charge in [0.1, 0.15) is 0 Å². The van der Waals surface area contributed by atoms with Crippen molar-refractivity contribution in [3.05, 3.63) is 0 Å². The normalized spacial score (nSPS) is 17.6. The molecule has 1 rings (SSSR count). The largest absolute Gasteiger partial charge is 1.00 e. The summed E-state index contributed by atoms with van der Waals surface area (Å²) in [5, 5.41) is 2.25. The highest BCUT2D eigenvalue weighted by Gasteiger charge is 2.20. The summed E-state index contributed by atoms with van der Waals surface area (Å²) >= 11 is 0. The molecule has 182 valence electrons. The van der Waals surface area contributed by atoms with Gasteiger partial charge in [-0.25, -0.2) is 0 Å². The molecular weight excluding hydrogens is 422 g/mol. The molecule has 2 N–H and O–H groups in total. The van der Waals surface area contributed by atoms with Gasteiger partial charge in [-0.1, -0.05) is 0 Å². The lowest BCUT2D eigenvalue weighted by molar-refractivity contribution is -0.654. The lowest BCUT2D eigenvalue weighted by Gasteiger charge is -2.31. The summed E-state index contributed by atoms with van der Waals surface area (Å²) in [5.74, 6) is 0.236. The van der Waals surface area contributed by atoms with E-state index in [1.165, 1.54) is 0 Å². The van der Waals surface area contributed by atoms with Crippen LogP contribution in [-0.2, 0) is 14.4 Å². The molecule has 0 aliphatic carbocycles. The first-order valence-electron chi connectivity index (χ1n) is 10.7. The van der Waals surface area contributed by atoms with Gasteiger partial charge in [0.05, 0.1) is 32.7 Å². The number of likely N-dealkylation sites (N-methyl/N-ethyl adjacent to an activating group) is 3. The summed E-state index contributed by atoms with van der Waals surface area (Å²) < 4.78 is 0. The number of nitrogens with zero attached hydrogens (tertiary/aromatic N) is 6. The van der Waals surface area contributed by atoms with E-state index in [1.807, 2.05) is 0 Å². The van der Waals surface area contributed by atoms with Crippen LogP contribution in [0.25, 0.3) is 0 Å². The van der Waals surface area contributed by atoms with Crippen LogP contribution in [0.5, 0.6) is 0 Å². The van der Waals surface area contributed by atoms with Crippen LogP contribution in [0.1, 0.15) is 0 Å². The molecule has 0 aromatic heterocycles. The number of halogens is 1. The van der Waals surface area contributed by atoms with Crippen molar-refractivity contribution >= 4 is 17.7 Å². The lowest BCUT2D eigenvalue weighted by atomic mass is 10.3. The highest BCUT2D eigenvalue weighted by Crippen LogP contribution is 1.99. The molecule has 0 spiro atoms. The maximum Gasteiger partial charge on any atom is 0.236 e. The maximum absolute atomic E-state index is 12.3. The summed E-state index contributed by atoms with van der Waals surface area (Å²) in [5.41, 5.74) is 0. The quantitative estimate of drug-likeness (QED) is 0.422. The fourth-order valence-corrected chi connectivity index (χ4v) is 3.07. The molecule has 11 heteroatoms. The van der Waals surface area contributed by atoms with E-state index in [0.29, 0.717) is 32.7 Å². The third-order valence-electron chi connectivity index (χ3n) is 5.34. The Bertz CT molecular complexity index is 525. The Morgan fingerprint density at radius 2 is 0.839 bits per heavy atom. The van der Waals surface area contributed by atoms with Crippen LogP contribution < -0.4 is 17.7 Å². The minimum Gasteiger partial charge on any atom is -1.00 e. The minimum atomic E-state index is 0. The van der Waals surface area contributed by atoms with E-state index < -0.39 is 0 Å². The molecule has 1 fully saturated rings. The number of carbonyl (C=O) groups excluding carboxylic acids is 3. The van der Waals surface area contributed by atoms with Crippen LogP contribution >= 0.6 is 0 Å². The van der Waals surface area contributed by atoms with Gasteiger partial charge < -0.3 is 32.4 Å². The highest BCUT2D eigenvalue weighted by atomic mass is 35.5. The Hall–Kier alpha value is -1.46. The van der Waals surface area contributed by atoms with Crippen LogP contribution in [-0.4, -0.2) is 161 Å². The molecule has 10 nitrogen and oxygen atoms in total. The molecule has 31 heavy (non-hydrogen) atoms. The maximum atomic E-state index is 12.3. The third-order valence-corrected chi connectivity index (χ3v) is 5.34. The van der Waals surface area contributed by atoms with E-state index in [2.05, 4.69) is 20.0 Å². The van der Waals surface area contributed by atoms with Crippen LogP contribution in [0, 0.1) is 0 Å². The Labute approximate surface area is 193 Å². The fraction of sp³-hybridized carbons (Fsp3) is 0.850. The molecule has 0 aromatic rings. The highest BCUT2D eigenvalue weighted by molar-refractivity contribution is 5.78. The van der Waals surface area contributed by atoms with Crippen LogP contribution in [0.3, 0.4) is 0 Å². The van der Waals surface area contributed by atoms with E-state index in [9.17, 15) is 14.4 Å². The molecule has 1 saturated heterocycles. The average molecular weight is 464 g/mol. The molecular formula is C20H42ClN7O3. The van der Waals surface area contributed by atoms with Gasteiger partial charge in [-0.05, 0) is 0 Å². The van der Waals surface area contributed by atoms with E-state index in [4.69, 9.17) is 0 Å². The Morgan fingerprint density at radius 3 is 1.10 bits per heavy atom. The summed E-state index contributed by atoms with van der Waals surface area (Å²) in [6, 6.07) is 0. The molecule has 1 aliphatic heterocycles. The SMILES string of the molecule is CN(C)C(=O)CN1CC[NH2+]CCN(CC(=O)N(C)C)CCN(CC(=O)N(C)C)CC1.[Cl-]. The molecule has 0 radical (unpaired) electrons. The number of carbonyl (C=O) groups is 3. The van der Waals surface area contributed by atoms with Crippen molar-refractivity contribution in [1.82, 2.24) is 29.4 Å². The Morgan fingerprint density at radius 1 is 0.581 bits per heavy atom. The van der Waals surface area contributed by atoms with Gasteiger partial charge >= 0.3 is 0 Å². The van der Waals surface area contributed by atoms with Crippen molar-refractivity contribution in [3.63, 3.8) is 0 Å². The standard InChI is InChI=1S/C20H41N7O3.ClH/c1-22(2)18(28)15-25-9-7-21-8-10-26(16-19(29)23(3)4)12-14-27(13-11-25)17-20(30)24(5)6;/h21H,7-17H2,1-6H3;1H. The summed E-state index contributed by atoms with van der Waals surface area (Å²) in [6.07, 6.45) is 0. The van der Waals surface area contributed by atoms with E-state index in [0.717, 1.165) is 39.3 Å². The first-order valence-corrected chi connectivity index (χ1v) is 10.7. The third kappa shape index (κ3) is 12.2. The topological polar surface area (TPSA) is 87.3 Å². The van der Waals surface area contributed by atoms with Gasteiger partial charge in [-0.2, -0.15) is 0 Å². The zero-order valence-corrected chi connectivity index (χ0v) is 20.9. The number of hydrogen-bond acceptors (Lipinski definition) is 6. The average Bonchev–Trinajstić information content (AvgIpc) is 2.66. The molecule has 3 amide bonds.